The van der Waals surface area contributed by atoms with Gasteiger partial charge in [0.1, 0.15) is 5.82 Å². The van der Waals surface area contributed by atoms with Crippen LogP contribution in [-0.4, -0.2) is 73.8 Å². The van der Waals surface area contributed by atoms with Crippen LogP contribution in [0.15, 0.2) is 48.7 Å². The maximum Gasteiger partial charge on any atom is 0.415 e. The number of halogens is 1. The van der Waals surface area contributed by atoms with E-state index in [1.807, 2.05) is 43.1 Å². The fourth-order valence-electron chi connectivity index (χ4n) is 5.88. The number of nitrogens with one attached hydrogen (secondary N) is 1. The van der Waals surface area contributed by atoms with Crippen LogP contribution >= 0.6 is 0 Å². The number of allylic oxidation sites excluding steroid dienone is 1. The highest BCUT2D eigenvalue weighted by Gasteiger charge is 2.35. The van der Waals surface area contributed by atoms with Gasteiger partial charge in [0.2, 0.25) is 11.7 Å². The minimum atomic E-state index is -0.454. The Morgan fingerprint density at radius 3 is 2.35 bits per heavy atom. The Morgan fingerprint density at radius 1 is 1.02 bits per heavy atom. The van der Waals surface area contributed by atoms with Gasteiger partial charge in [-0.1, -0.05) is 19.1 Å². The Bertz CT molecular complexity index is 1500. The molecule has 1 saturated heterocycles. The standard InChI is InChI=1S/C33H39FN4O5/c1-21-26(25-9-8-23(34)18-28(25)27(21)19-31(39)35-20-24-7-6-10-37(24)3)15-22-16-29(41-4)32(30(17-22)42-5)43-33(40)38-13-11-36(2)12-14-38/h6-10,15-18,21,27H,11-14,19-20H2,1-5H3,(H,35,39). The third-order valence-corrected chi connectivity index (χ3v) is 8.50. The van der Waals surface area contributed by atoms with E-state index in [-0.39, 0.29) is 35.7 Å². The van der Waals surface area contributed by atoms with E-state index in [4.69, 9.17) is 14.2 Å². The maximum atomic E-state index is 14.4. The van der Waals surface area contributed by atoms with Crippen molar-refractivity contribution in [3.8, 4) is 17.2 Å². The van der Waals surface area contributed by atoms with Crippen LogP contribution in [0.3, 0.4) is 0 Å². The molecule has 2 aliphatic rings. The molecule has 9 nitrogen and oxygen atoms in total. The quantitative estimate of drug-likeness (QED) is 0.402. The molecule has 0 saturated carbocycles. The van der Waals surface area contributed by atoms with Crippen LogP contribution in [0, 0.1) is 11.7 Å². The minimum Gasteiger partial charge on any atom is -0.493 e. The summed E-state index contributed by atoms with van der Waals surface area (Å²) in [6.07, 6.45) is 3.71. The number of ether oxygens (including phenoxy) is 3. The van der Waals surface area contributed by atoms with Crippen molar-refractivity contribution < 1.29 is 28.2 Å². The summed E-state index contributed by atoms with van der Waals surface area (Å²) in [5.74, 6) is 0.235. The van der Waals surface area contributed by atoms with Gasteiger partial charge in [0, 0.05) is 51.5 Å². The van der Waals surface area contributed by atoms with E-state index in [1.165, 1.54) is 26.4 Å². The molecule has 0 spiro atoms. The summed E-state index contributed by atoms with van der Waals surface area (Å²) in [7, 11) is 6.98. The number of hydrogen-bond donors (Lipinski definition) is 1. The van der Waals surface area contributed by atoms with Gasteiger partial charge in [-0.25, -0.2) is 9.18 Å². The van der Waals surface area contributed by atoms with Crippen molar-refractivity contribution in [1.29, 1.82) is 0 Å². The summed E-state index contributed by atoms with van der Waals surface area (Å²) in [5.41, 5.74) is 4.45. The molecular weight excluding hydrogens is 551 g/mol. The van der Waals surface area contributed by atoms with Crippen LogP contribution in [0.5, 0.6) is 17.2 Å². The first-order valence-corrected chi connectivity index (χ1v) is 14.5. The fraction of sp³-hybridized carbons (Fsp3) is 0.394. The Balaban J connectivity index is 1.40. The number of carbonyl (C=O) groups excluding carboxylic acids is 2. The largest absolute Gasteiger partial charge is 0.493 e. The number of aryl methyl sites for hydroxylation is 1. The van der Waals surface area contributed by atoms with Crippen molar-refractivity contribution in [1.82, 2.24) is 19.7 Å². The summed E-state index contributed by atoms with van der Waals surface area (Å²) >= 11 is 0. The molecule has 228 valence electrons. The zero-order valence-corrected chi connectivity index (χ0v) is 25.4. The van der Waals surface area contributed by atoms with Gasteiger partial charge in [-0.05, 0) is 77.5 Å². The highest BCUT2D eigenvalue weighted by atomic mass is 19.1. The van der Waals surface area contributed by atoms with Crippen molar-refractivity contribution in [3.63, 3.8) is 0 Å². The Morgan fingerprint density at radius 2 is 1.72 bits per heavy atom. The lowest BCUT2D eigenvalue weighted by atomic mass is 9.88. The van der Waals surface area contributed by atoms with Crippen molar-refractivity contribution in [2.24, 2.45) is 13.0 Å². The molecule has 1 N–H and O–H groups in total. The van der Waals surface area contributed by atoms with E-state index in [0.29, 0.717) is 31.1 Å². The topological polar surface area (TPSA) is 85.3 Å². The third-order valence-electron chi connectivity index (χ3n) is 8.50. The van der Waals surface area contributed by atoms with Gasteiger partial charge in [0.25, 0.3) is 0 Å². The zero-order valence-electron chi connectivity index (χ0n) is 25.4. The van der Waals surface area contributed by atoms with Crippen LogP contribution in [0.1, 0.15) is 41.6 Å². The molecule has 2 unspecified atom stereocenters. The van der Waals surface area contributed by atoms with Crippen LogP contribution in [0.25, 0.3) is 11.6 Å². The molecule has 2 aromatic carbocycles. The van der Waals surface area contributed by atoms with Gasteiger partial charge in [-0.3, -0.25) is 4.79 Å². The summed E-state index contributed by atoms with van der Waals surface area (Å²) in [6, 6.07) is 12.2. The summed E-state index contributed by atoms with van der Waals surface area (Å²) in [5, 5.41) is 3.01. The smallest absolute Gasteiger partial charge is 0.415 e. The number of piperazine rings is 1. The normalized spacial score (nSPS) is 19.3. The Labute approximate surface area is 251 Å². The average molecular weight is 591 g/mol. The van der Waals surface area contributed by atoms with E-state index in [9.17, 15) is 14.0 Å². The van der Waals surface area contributed by atoms with E-state index in [1.54, 1.807) is 23.1 Å². The second kappa shape index (κ2) is 12.9. The first-order valence-electron chi connectivity index (χ1n) is 14.5. The van der Waals surface area contributed by atoms with Gasteiger partial charge >= 0.3 is 6.09 Å². The predicted octanol–water partition coefficient (Wildman–Crippen LogP) is 4.91. The van der Waals surface area contributed by atoms with Gasteiger partial charge in [0.05, 0.1) is 20.8 Å². The van der Waals surface area contributed by atoms with Gasteiger partial charge < -0.3 is 33.9 Å². The predicted molar refractivity (Wildman–Crippen MR) is 163 cm³/mol. The third kappa shape index (κ3) is 6.54. The van der Waals surface area contributed by atoms with E-state index in [0.717, 1.165) is 41.0 Å². The number of methoxy groups -OCH3 is 2. The molecule has 1 aliphatic carbocycles. The lowest BCUT2D eigenvalue weighted by Crippen LogP contribution is -2.48. The molecule has 5 rings (SSSR count). The van der Waals surface area contributed by atoms with Crippen LogP contribution in [0.2, 0.25) is 0 Å². The molecule has 1 aromatic heterocycles. The minimum absolute atomic E-state index is 0.0655. The number of rotatable bonds is 8. The van der Waals surface area contributed by atoms with Crippen molar-refractivity contribution in [3.05, 3.63) is 76.9 Å². The highest BCUT2D eigenvalue weighted by Crippen LogP contribution is 2.49. The van der Waals surface area contributed by atoms with Crippen molar-refractivity contribution in [2.45, 2.75) is 25.8 Å². The van der Waals surface area contributed by atoms with Crippen molar-refractivity contribution in [2.75, 3.05) is 47.4 Å². The molecular formula is C33H39FN4O5. The molecule has 10 heteroatoms. The number of amides is 2. The van der Waals surface area contributed by atoms with Gasteiger partial charge in [0.15, 0.2) is 11.5 Å². The molecule has 0 bridgehead atoms. The molecule has 43 heavy (non-hydrogen) atoms. The fourth-order valence-corrected chi connectivity index (χ4v) is 5.88. The number of likely N-dealkylation sites (N-methyl/N-ethyl adjacent to an activating group) is 1. The molecule has 2 amide bonds. The van der Waals surface area contributed by atoms with Gasteiger partial charge in [-0.2, -0.15) is 0 Å². The van der Waals surface area contributed by atoms with Crippen LogP contribution in [0.4, 0.5) is 9.18 Å². The lowest BCUT2D eigenvalue weighted by Gasteiger charge is -2.31. The van der Waals surface area contributed by atoms with Gasteiger partial charge in [-0.15, -0.1) is 0 Å². The van der Waals surface area contributed by atoms with Crippen molar-refractivity contribution >= 4 is 23.6 Å². The maximum absolute atomic E-state index is 14.4. The molecule has 1 fully saturated rings. The van der Waals surface area contributed by atoms with E-state index < -0.39 is 6.09 Å². The molecule has 1 aliphatic heterocycles. The van der Waals surface area contributed by atoms with E-state index in [2.05, 4.69) is 17.1 Å². The molecule has 2 heterocycles. The number of aromatic nitrogens is 1. The lowest BCUT2D eigenvalue weighted by molar-refractivity contribution is -0.121. The number of nitrogens with zero attached hydrogens (tertiary/aromatic N) is 3. The van der Waals surface area contributed by atoms with Crippen LogP contribution < -0.4 is 19.5 Å². The first kappa shape index (κ1) is 30.2. The molecule has 0 radical (unpaired) electrons. The number of carbonyl (C=O) groups is 2. The monoisotopic (exact) mass is 590 g/mol. The number of fused-ring (bicyclic) bond motifs is 1. The number of hydrogen-bond acceptors (Lipinski definition) is 6. The molecule has 2 atom stereocenters. The summed E-state index contributed by atoms with van der Waals surface area (Å²) in [6.45, 7) is 5.18. The second-order valence-corrected chi connectivity index (χ2v) is 11.2. The SMILES string of the molecule is COc1cc(C=C2c3ccc(F)cc3C(CC(=O)NCc3cccn3C)C2C)cc(OC)c1OC(=O)N1CCN(C)CC1. The first-order chi connectivity index (χ1) is 20.7. The van der Waals surface area contributed by atoms with E-state index >= 15 is 0 Å². The molecule has 3 aromatic rings. The summed E-state index contributed by atoms with van der Waals surface area (Å²) < 4.78 is 33.4. The average Bonchev–Trinajstić information content (AvgIpc) is 3.52. The number of benzene rings is 2. The zero-order chi connectivity index (χ0) is 30.7. The Kier molecular flexibility index (Phi) is 9.05. The second-order valence-electron chi connectivity index (χ2n) is 11.2. The Hall–Kier alpha value is -4.31. The highest BCUT2D eigenvalue weighted by molar-refractivity contribution is 5.90. The summed E-state index contributed by atoms with van der Waals surface area (Å²) in [4.78, 5) is 29.8. The van der Waals surface area contributed by atoms with Crippen LogP contribution in [-0.2, 0) is 18.4 Å².